The SMILES string of the molecule is O=c1[nH]c(NCCNc2ncc(Cl)cc2Cl)nc2c1cnn2-c1ccccc1. The molecule has 0 bridgehead atoms. The fraction of sp³-hybridized carbons (Fsp3) is 0.111. The Balaban J connectivity index is 1.49. The molecule has 8 nitrogen and oxygen atoms in total. The summed E-state index contributed by atoms with van der Waals surface area (Å²) < 4.78 is 1.63. The van der Waals surface area contributed by atoms with E-state index in [-0.39, 0.29) is 5.56 Å². The normalized spacial score (nSPS) is 10.9. The topological polar surface area (TPSA) is 101 Å². The zero-order valence-electron chi connectivity index (χ0n) is 14.5. The van der Waals surface area contributed by atoms with Crippen LogP contribution in [0.2, 0.25) is 10.0 Å². The van der Waals surface area contributed by atoms with Crippen molar-refractivity contribution in [2.45, 2.75) is 0 Å². The molecule has 0 amide bonds. The maximum absolute atomic E-state index is 12.3. The number of rotatable bonds is 6. The molecule has 0 aliphatic heterocycles. The number of aromatic nitrogens is 5. The second-order valence-electron chi connectivity index (χ2n) is 5.88. The van der Waals surface area contributed by atoms with E-state index in [0.29, 0.717) is 45.9 Å². The highest BCUT2D eigenvalue weighted by atomic mass is 35.5. The van der Waals surface area contributed by atoms with Gasteiger partial charge in [-0.25, -0.2) is 9.67 Å². The highest BCUT2D eigenvalue weighted by Gasteiger charge is 2.11. The minimum atomic E-state index is -0.259. The van der Waals surface area contributed by atoms with Crippen molar-refractivity contribution in [3.8, 4) is 5.69 Å². The smallest absolute Gasteiger partial charge is 0.263 e. The van der Waals surface area contributed by atoms with Crippen LogP contribution in [0.5, 0.6) is 0 Å². The average molecular weight is 416 g/mol. The van der Waals surface area contributed by atoms with Gasteiger partial charge in [0.15, 0.2) is 5.65 Å². The largest absolute Gasteiger partial charge is 0.367 e. The van der Waals surface area contributed by atoms with Gasteiger partial charge in [0, 0.05) is 19.3 Å². The summed E-state index contributed by atoms with van der Waals surface area (Å²) >= 11 is 11.9. The Kier molecular flexibility index (Phi) is 5.14. The van der Waals surface area contributed by atoms with Gasteiger partial charge in [0.2, 0.25) is 5.95 Å². The van der Waals surface area contributed by atoms with Crippen molar-refractivity contribution < 1.29 is 0 Å². The van der Waals surface area contributed by atoms with Crippen LogP contribution in [-0.2, 0) is 0 Å². The number of benzene rings is 1. The van der Waals surface area contributed by atoms with E-state index in [1.807, 2.05) is 30.3 Å². The van der Waals surface area contributed by atoms with Gasteiger partial charge in [-0.05, 0) is 18.2 Å². The van der Waals surface area contributed by atoms with Gasteiger partial charge in [-0.15, -0.1) is 0 Å². The summed E-state index contributed by atoms with van der Waals surface area (Å²) in [5.74, 6) is 0.888. The third kappa shape index (κ3) is 3.78. The number of nitrogens with one attached hydrogen (secondary N) is 3. The molecule has 0 fully saturated rings. The minimum Gasteiger partial charge on any atom is -0.367 e. The first-order chi connectivity index (χ1) is 13.6. The van der Waals surface area contributed by atoms with Crippen LogP contribution in [0.1, 0.15) is 0 Å². The monoisotopic (exact) mass is 415 g/mol. The van der Waals surface area contributed by atoms with Gasteiger partial charge >= 0.3 is 0 Å². The summed E-state index contributed by atoms with van der Waals surface area (Å²) in [5, 5.41) is 11.8. The number of halogens is 2. The number of hydrogen-bond acceptors (Lipinski definition) is 6. The van der Waals surface area contributed by atoms with Crippen LogP contribution < -0.4 is 16.2 Å². The Hall–Kier alpha value is -3.10. The van der Waals surface area contributed by atoms with E-state index in [9.17, 15) is 4.79 Å². The lowest BCUT2D eigenvalue weighted by Gasteiger charge is -2.09. The summed E-state index contributed by atoms with van der Waals surface area (Å²) in [6.07, 6.45) is 3.02. The van der Waals surface area contributed by atoms with Crippen molar-refractivity contribution in [2.24, 2.45) is 0 Å². The molecule has 4 aromatic rings. The van der Waals surface area contributed by atoms with Gasteiger partial charge in [0.25, 0.3) is 5.56 Å². The molecule has 0 saturated heterocycles. The summed E-state index contributed by atoms with van der Waals surface area (Å²) in [7, 11) is 0. The van der Waals surface area contributed by atoms with Crippen molar-refractivity contribution in [1.29, 1.82) is 0 Å². The molecule has 3 heterocycles. The maximum atomic E-state index is 12.3. The number of nitrogens with zero attached hydrogens (tertiary/aromatic N) is 4. The van der Waals surface area contributed by atoms with Crippen LogP contribution in [0.3, 0.4) is 0 Å². The Labute approximate surface area is 169 Å². The van der Waals surface area contributed by atoms with Gasteiger partial charge in [-0.1, -0.05) is 41.4 Å². The van der Waals surface area contributed by atoms with Gasteiger partial charge in [-0.2, -0.15) is 10.1 Å². The minimum absolute atomic E-state index is 0.259. The number of H-pyrrole nitrogens is 1. The Morgan fingerprint density at radius 3 is 2.64 bits per heavy atom. The number of fused-ring (bicyclic) bond motifs is 1. The Bertz CT molecular complexity index is 1170. The molecule has 0 aliphatic rings. The highest BCUT2D eigenvalue weighted by Crippen LogP contribution is 2.22. The summed E-state index contributed by atoms with van der Waals surface area (Å²) in [5.41, 5.74) is 1.05. The molecule has 1 aromatic carbocycles. The summed E-state index contributed by atoms with van der Waals surface area (Å²) in [6, 6.07) is 11.1. The molecule has 28 heavy (non-hydrogen) atoms. The van der Waals surface area contributed by atoms with E-state index in [0.717, 1.165) is 5.69 Å². The van der Waals surface area contributed by atoms with E-state index < -0.39 is 0 Å². The molecule has 10 heteroatoms. The lowest BCUT2D eigenvalue weighted by Crippen LogP contribution is -2.19. The first kappa shape index (κ1) is 18.3. The van der Waals surface area contributed by atoms with E-state index in [2.05, 4.69) is 30.7 Å². The van der Waals surface area contributed by atoms with E-state index in [1.165, 1.54) is 12.4 Å². The molecular formula is C18H15Cl2N7O. The number of aromatic amines is 1. The van der Waals surface area contributed by atoms with Crippen LogP contribution in [0.25, 0.3) is 16.7 Å². The van der Waals surface area contributed by atoms with Crippen LogP contribution in [0.4, 0.5) is 11.8 Å². The Morgan fingerprint density at radius 2 is 1.86 bits per heavy atom. The third-order valence-electron chi connectivity index (χ3n) is 3.96. The maximum Gasteiger partial charge on any atom is 0.263 e. The fourth-order valence-corrected chi connectivity index (χ4v) is 3.11. The lowest BCUT2D eigenvalue weighted by molar-refractivity contribution is 0.893. The Morgan fingerprint density at radius 1 is 1.07 bits per heavy atom. The predicted octanol–water partition coefficient (Wildman–Crippen LogP) is 3.33. The number of hydrogen-bond donors (Lipinski definition) is 3. The fourth-order valence-electron chi connectivity index (χ4n) is 2.67. The van der Waals surface area contributed by atoms with Gasteiger partial charge in [0.05, 0.1) is 21.9 Å². The van der Waals surface area contributed by atoms with Crippen LogP contribution >= 0.6 is 23.2 Å². The van der Waals surface area contributed by atoms with Gasteiger partial charge < -0.3 is 10.6 Å². The van der Waals surface area contributed by atoms with Crippen molar-refractivity contribution in [3.63, 3.8) is 0 Å². The first-order valence-electron chi connectivity index (χ1n) is 8.44. The first-order valence-corrected chi connectivity index (χ1v) is 9.19. The number of pyridine rings is 1. The summed E-state index contributed by atoms with van der Waals surface area (Å²) in [4.78, 5) is 23.7. The molecule has 0 atom stereocenters. The molecule has 4 rings (SSSR count). The molecule has 0 aliphatic carbocycles. The van der Waals surface area contributed by atoms with Crippen molar-refractivity contribution in [2.75, 3.05) is 23.7 Å². The molecule has 0 unspecified atom stereocenters. The van der Waals surface area contributed by atoms with E-state index in [1.54, 1.807) is 10.7 Å². The van der Waals surface area contributed by atoms with E-state index >= 15 is 0 Å². The quantitative estimate of drug-likeness (QED) is 0.417. The molecule has 142 valence electrons. The van der Waals surface area contributed by atoms with Crippen molar-refractivity contribution in [3.05, 3.63) is 69.2 Å². The van der Waals surface area contributed by atoms with Crippen LogP contribution in [0.15, 0.2) is 53.6 Å². The molecule has 3 N–H and O–H groups in total. The van der Waals surface area contributed by atoms with Gasteiger partial charge in [-0.3, -0.25) is 9.78 Å². The summed E-state index contributed by atoms with van der Waals surface area (Å²) in [6.45, 7) is 0.989. The molecule has 3 aromatic heterocycles. The van der Waals surface area contributed by atoms with Crippen LogP contribution in [0, 0.1) is 0 Å². The zero-order valence-corrected chi connectivity index (χ0v) is 16.0. The van der Waals surface area contributed by atoms with Crippen molar-refractivity contribution in [1.82, 2.24) is 24.7 Å². The van der Waals surface area contributed by atoms with Crippen LogP contribution in [-0.4, -0.2) is 37.8 Å². The standard InChI is InChI=1S/C18H15Cl2N7O/c19-11-8-14(20)15(23-9-11)21-6-7-22-18-25-16-13(17(28)26-18)10-24-27(16)12-4-2-1-3-5-12/h1-5,8-10H,6-7H2,(H,21,23)(H2,22,25,26,28). The number of para-hydroxylation sites is 1. The second-order valence-corrected chi connectivity index (χ2v) is 6.72. The molecule has 0 radical (unpaired) electrons. The second kappa shape index (κ2) is 7.87. The van der Waals surface area contributed by atoms with Crippen molar-refractivity contribution >= 4 is 46.0 Å². The van der Waals surface area contributed by atoms with E-state index in [4.69, 9.17) is 23.2 Å². The van der Waals surface area contributed by atoms with Gasteiger partial charge in [0.1, 0.15) is 11.2 Å². The lowest BCUT2D eigenvalue weighted by atomic mass is 10.3. The highest BCUT2D eigenvalue weighted by molar-refractivity contribution is 6.35. The molecular weight excluding hydrogens is 401 g/mol. The molecule has 0 saturated carbocycles. The third-order valence-corrected chi connectivity index (χ3v) is 4.45. The average Bonchev–Trinajstić information content (AvgIpc) is 3.12. The number of anilines is 2. The zero-order chi connectivity index (χ0) is 19.5. The predicted molar refractivity (Wildman–Crippen MR) is 111 cm³/mol. The molecule has 0 spiro atoms.